The number of pyridine rings is 1. The molecular weight excluding hydrogens is 226 g/mol. The molecule has 3 N–H and O–H groups in total. The molecule has 0 aromatic carbocycles. The number of nitrogen functional groups attached to an aromatic ring is 1. The number of aryl methyl sites for hydroxylation is 1. The van der Waals surface area contributed by atoms with Gasteiger partial charge in [0.25, 0.3) is 5.91 Å². The number of amides is 1. The van der Waals surface area contributed by atoms with E-state index in [1.165, 1.54) is 0 Å². The predicted molar refractivity (Wildman–Crippen MR) is 61.2 cm³/mol. The second-order valence-corrected chi connectivity index (χ2v) is 4.13. The molecule has 0 bridgehead atoms. The lowest BCUT2D eigenvalue weighted by Gasteiger charge is -2.01. The topological polar surface area (TPSA) is 93.8 Å². The molecule has 82 valence electrons. The molecule has 6 nitrogen and oxygen atoms in total. The molecule has 0 aliphatic carbocycles. The highest BCUT2D eigenvalue weighted by molar-refractivity contribution is 7.16. The minimum absolute atomic E-state index is 0.223. The van der Waals surface area contributed by atoms with Gasteiger partial charge >= 0.3 is 0 Å². The number of aromatic nitrogens is 3. The van der Waals surface area contributed by atoms with Crippen molar-refractivity contribution in [3.63, 3.8) is 0 Å². The van der Waals surface area contributed by atoms with E-state index in [-0.39, 0.29) is 16.0 Å². The summed E-state index contributed by atoms with van der Waals surface area (Å²) in [6, 6.07) is 3.61. The van der Waals surface area contributed by atoms with Crippen LogP contribution in [0.3, 0.4) is 0 Å². The van der Waals surface area contributed by atoms with E-state index in [1.807, 2.05) is 13.0 Å². The highest BCUT2D eigenvalue weighted by atomic mass is 32.1. The van der Waals surface area contributed by atoms with E-state index in [0.29, 0.717) is 5.82 Å². The Hall–Kier alpha value is -2.02. The highest BCUT2D eigenvalue weighted by Gasteiger charge is 2.12. The molecule has 2 aromatic rings. The van der Waals surface area contributed by atoms with Gasteiger partial charge in [-0.05, 0) is 24.6 Å². The molecule has 1 amide bonds. The summed E-state index contributed by atoms with van der Waals surface area (Å²) in [5.74, 6) is 0.131. The van der Waals surface area contributed by atoms with Crippen LogP contribution >= 0.6 is 11.3 Å². The van der Waals surface area contributed by atoms with Gasteiger partial charge < -0.3 is 11.1 Å². The zero-order chi connectivity index (χ0) is 11.5. The van der Waals surface area contributed by atoms with Gasteiger partial charge in [0, 0.05) is 6.20 Å². The van der Waals surface area contributed by atoms with Crippen LogP contribution in [0.15, 0.2) is 18.3 Å². The van der Waals surface area contributed by atoms with Crippen LogP contribution in [0, 0.1) is 6.92 Å². The number of nitrogens with zero attached hydrogens (tertiary/aromatic N) is 3. The summed E-state index contributed by atoms with van der Waals surface area (Å²) in [4.78, 5) is 15.6. The van der Waals surface area contributed by atoms with Crippen molar-refractivity contribution in [3.05, 3.63) is 28.9 Å². The summed E-state index contributed by atoms with van der Waals surface area (Å²) < 4.78 is 0. The molecule has 0 radical (unpaired) electrons. The zero-order valence-corrected chi connectivity index (χ0v) is 9.28. The molecule has 0 aliphatic rings. The number of rotatable bonds is 2. The predicted octanol–water partition coefficient (Wildman–Crippen LogP) is 1.08. The van der Waals surface area contributed by atoms with Gasteiger partial charge in [0.15, 0.2) is 0 Å². The number of anilines is 2. The lowest BCUT2D eigenvalue weighted by molar-refractivity contribution is 0.102. The average molecular weight is 235 g/mol. The third-order valence-electron chi connectivity index (χ3n) is 1.79. The zero-order valence-electron chi connectivity index (χ0n) is 8.47. The smallest absolute Gasteiger partial charge is 0.287 e. The van der Waals surface area contributed by atoms with Crippen LogP contribution in [0.25, 0.3) is 0 Å². The van der Waals surface area contributed by atoms with Crippen LogP contribution in [0.5, 0.6) is 0 Å². The number of nitrogens with two attached hydrogens (primary N) is 1. The van der Waals surface area contributed by atoms with Crippen LogP contribution in [-0.2, 0) is 0 Å². The summed E-state index contributed by atoms with van der Waals surface area (Å²) in [6.45, 7) is 1.92. The Kier molecular flexibility index (Phi) is 2.78. The number of hydrogen-bond donors (Lipinski definition) is 2. The van der Waals surface area contributed by atoms with Gasteiger partial charge in [-0.15, -0.1) is 10.2 Å². The fourth-order valence-electron chi connectivity index (χ4n) is 1.10. The van der Waals surface area contributed by atoms with Gasteiger partial charge in [-0.25, -0.2) is 4.98 Å². The molecule has 16 heavy (non-hydrogen) atoms. The Balaban J connectivity index is 2.13. The Morgan fingerprint density at radius 3 is 2.94 bits per heavy atom. The van der Waals surface area contributed by atoms with Crippen molar-refractivity contribution >= 4 is 28.2 Å². The van der Waals surface area contributed by atoms with Crippen LogP contribution < -0.4 is 11.1 Å². The van der Waals surface area contributed by atoms with Gasteiger partial charge in [0.1, 0.15) is 5.82 Å². The van der Waals surface area contributed by atoms with Gasteiger partial charge in [-0.3, -0.25) is 4.79 Å². The molecule has 2 heterocycles. The molecular formula is C9H9N5OS. The lowest BCUT2D eigenvalue weighted by Crippen LogP contribution is -2.12. The quantitative estimate of drug-likeness (QED) is 0.812. The Morgan fingerprint density at radius 1 is 1.50 bits per heavy atom. The minimum Gasteiger partial charge on any atom is -0.374 e. The first kappa shape index (κ1) is 10.5. The fourth-order valence-corrected chi connectivity index (χ4v) is 1.61. The molecule has 7 heteroatoms. The molecule has 0 saturated carbocycles. The van der Waals surface area contributed by atoms with Crippen molar-refractivity contribution in [1.29, 1.82) is 0 Å². The van der Waals surface area contributed by atoms with E-state index in [0.717, 1.165) is 16.9 Å². The first-order chi connectivity index (χ1) is 7.65. The normalized spacial score (nSPS) is 10.1. The third kappa shape index (κ3) is 2.31. The molecule has 2 rings (SSSR count). The molecule has 0 spiro atoms. The highest BCUT2D eigenvalue weighted by Crippen LogP contribution is 2.13. The fraction of sp³-hybridized carbons (Fsp3) is 0.111. The first-order valence-corrected chi connectivity index (χ1v) is 5.30. The van der Waals surface area contributed by atoms with Gasteiger partial charge in [-0.1, -0.05) is 11.3 Å². The monoisotopic (exact) mass is 235 g/mol. The number of carbonyl (C=O) groups excluding carboxylic acids is 1. The summed E-state index contributed by atoms with van der Waals surface area (Å²) in [5, 5.41) is 10.3. The van der Waals surface area contributed by atoms with E-state index < -0.39 is 0 Å². The number of carbonyl (C=O) groups is 1. The maximum absolute atomic E-state index is 11.6. The summed E-state index contributed by atoms with van der Waals surface area (Å²) in [7, 11) is 0. The average Bonchev–Trinajstić information content (AvgIpc) is 2.65. The summed E-state index contributed by atoms with van der Waals surface area (Å²) >= 11 is 1.04. The Bertz CT molecular complexity index is 524. The first-order valence-electron chi connectivity index (χ1n) is 4.48. The Labute approximate surface area is 95.5 Å². The second-order valence-electron chi connectivity index (χ2n) is 3.12. The molecule has 0 atom stereocenters. The van der Waals surface area contributed by atoms with Gasteiger partial charge in [-0.2, -0.15) is 0 Å². The second kappa shape index (κ2) is 4.23. The number of hydrogen-bond acceptors (Lipinski definition) is 6. The van der Waals surface area contributed by atoms with E-state index in [1.54, 1.807) is 12.3 Å². The van der Waals surface area contributed by atoms with Crippen LogP contribution in [0.4, 0.5) is 10.9 Å². The molecule has 0 fully saturated rings. The van der Waals surface area contributed by atoms with Crippen molar-refractivity contribution < 1.29 is 4.79 Å². The van der Waals surface area contributed by atoms with Crippen molar-refractivity contribution in [1.82, 2.24) is 15.2 Å². The molecule has 0 saturated heterocycles. The minimum atomic E-state index is -0.354. The molecule has 0 unspecified atom stereocenters. The largest absolute Gasteiger partial charge is 0.374 e. The number of nitrogens with one attached hydrogen (secondary N) is 1. The lowest BCUT2D eigenvalue weighted by atomic mass is 10.3. The Morgan fingerprint density at radius 2 is 2.31 bits per heavy atom. The van der Waals surface area contributed by atoms with Crippen LogP contribution in [0.2, 0.25) is 0 Å². The van der Waals surface area contributed by atoms with E-state index in [4.69, 9.17) is 5.73 Å². The van der Waals surface area contributed by atoms with Crippen molar-refractivity contribution in [2.24, 2.45) is 0 Å². The standard InChI is InChI=1S/C9H9N5OS/c1-5-2-3-11-6(4-5)12-7(15)8-13-14-9(10)16-8/h2-4H,1H3,(H2,10,14)(H,11,12,15). The van der Waals surface area contributed by atoms with Gasteiger partial charge in [0.2, 0.25) is 10.1 Å². The SMILES string of the molecule is Cc1ccnc(NC(=O)c2nnc(N)s2)c1. The summed E-state index contributed by atoms with van der Waals surface area (Å²) in [6.07, 6.45) is 1.62. The van der Waals surface area contributed by atoms with E-state index in [2.05, 4.69) is 20.5 Å². The maximum Gasteiger partial charge on any atom is 0.287 e. The summed E-state index contributed by atoms with van der Waals surface area (Å²) in [5.41, 5.74) is 6.40. The molecule has 0 aliphatic heterocycles. The van der Waals surface area contributed by atoms with Crippen molar-refractivity contribution in [3.8, 4) is 0 Å². The molecule has 2 aromatic heterocycles. The van der Waals surface area contributed by atoms with E-state index in [9.17, 15) is 4.79 Å². The maximum atomic E-state index is 11.6. The third-order valence-corrected chi connectivity index (χ3v) is 2.54. The van der Waals surface area contributed by atoms with Gasteiger partial charge in [0.05, 0.1) is 0 Å². The van der Waals surface area contributed by atoms with Crippen LogP contribution in [0.1, 0.15) is 15.4 Å². The van der Waals surface area contributed by atoms with Crippen LogP contribution in [-0.4, -0.2) is 21.1 Å². The van der Waals surface area contributed by atoms with Crippen molar-refractivity contribution in [2.45, 2.75) is 6.92 Å². The van der Waals surface area contributed by atoms with E-state index >= 15 is 0 Å². The van der Waals surface area contributed by atoms with Crippen molar-refractivity contribution in [2.75, 3.05) is 11.1 Å².